The van der Waals surface area contributed by atoms with Crippen LogP contribution in [0.1, 0.15) is 58.6 Å². The molecule has 2 aromatic rings. The minimum Gasteiger partial charge on any atom is -0.395 e. The van der Waals surface area contributed by atoms with Crippen LogP contribution in [0.25, 0.3) is 0 Å². The van der Waals surface area contributed by atoms with Gasteiger partial charge in [0.25, 0.3) is 5.91 Å². The molecular weight excluding hydrogens is 440 g/mol. The number of amides is 1. The van der Waals surface area contributed by atoms with Gasteiger partial charge in [0.2, 0.25) is 0 Å². The van der Waals surface area contributed by atoms with Crippen LogP contribution in [0.4, 0.5) is 8.78 Å². The highest BCUT2D eigenvalue weighted by atomic mass is 19.3. The fourth-order valence-electron chi connectivity index (χ4n) is 5.79. The van der Waals surface area contributed by atoms with Gasteiger partial charge in [0.15, 0.2) is 11.5 Å². The van der Waals surface area contributed by atoms with Crippen LogP contribution in [0.5, 0.6) is 11.5 Å². The minimum absolute atomic E-state index is 0.0841. The lowest BCUT2D eigenvalue weighted by Gasteiger charge is -2.32. The molecule has 0 radical (unpaired) electrons. The van der Waals surface area contributed by atoms with Gasteiger partial charge in [-0.3, -0.25) is 9.69 Å². The number of nitrogens with one attached hydrogen (secondary N) is 1. The van der Waals surface area contributed by atoms with Gasteiger partial charge in [-0.2, -0.15) is 0 Å². The van der Waals surface area contributed by atoms with Gasteiger partial charge >= 0.3 is 6.29 Å². The minimum atomic E-state index is -3.58. The maximum absolute atomic E-state index is 13.3. The molecule has 6 nitrogen and oxygen atoms in total. The largest absolute Gasteiger partial charge is 0.586 e. The zero-order valence-electron chi connectivity index (χ0n) is 19.1. The zero-order valence-corrected chi connectivity index (χ0v) is 19.1. The Bertz CT molecular complexity index is 1090. The average Bonchev–Trinajstić information content (AvgIpc) is 3.34. The van der Waals surface area contributed by atoms with Gasteiger partial charge in [0.05, 0.1) is 0 Å². The topological polar surface area (TPSA) is 54.0 Å². The number of fused-ring (bicyclic) bond motifs is 2. The predicted molar refractivity (Wildman–Crippen MR) is 122 cm³/mol. The molecule has 4 heterocycles. The average molecular weight is 470 g/mol. The SMILES string of the molecule is O=C1c2ccc(C3CCN(Cc4ccc5c(c4)OC(F)(F)O5)CC3)cc2CN1C1CCCNC1. The first-order valence-corrected chi connectivity index (χ1v) is 12.2. The number of carbonyl (C=O) groups is 1. The van der Waals surface area contributed by atoms with E-state index >= 15 is 0 Å². The predicted octanol–water partition coefficient (Wildman–Crippen LogP) is 4.10. The van der Waals surface area contributed by atoms with Gasteiger partial charge in [-0.15, -0.1) is 8.78 Å². The molecule has 4 aliphatic rings. The van der Waals surface area contributed by atoms with Crippen molar-refractivity contribution in [3.8, 4) is 11.5 Å². The molecule has 0 aliphatic carbocycles. The van der Waals surface area contributed by atoms with Crippen molar-refractivity contribution in [1.29, 1.82) is 0 Å². The van der Waals surface area contributed by atoms with Crippen molar-refractivity contribution in [3.63, 3.8) is 0 Å². The highest BCUT2D eigenvalue weighted by Crippen LogP contribution is 2.41. The fourth-order valence-corrected chi connectivity index (χ4v) is 5.79. The highest BCUT2D eigenvalue weighted by Gasteiger charge is 2.43. The van der Waals surface area contributed by atoms with Crippen LogP contribution in [0.3, 0.4) is 0 Å². The maximum atomic E-state index is 13.3. The first-order chi connectivity index (χ1) is 16.4. The van der Waals surface area contributed by atoms with Gasteiger partial charge < -0.3 is 19.7 Å². The van der Waals surface area contributed by atoms with Crippen molar-refractivity contribution in [2.45, 2.75) is 57.0 Å². The Morgan fingerprint density at radius 1 is 1.03 bits per heavy atom. The van der Waals surface area contributed by atoms with Crippen molar-refractivity contribution in [2.75, 3.05) is 26.2 Å². The molecule has 1 N–H and O–H groups in total. The molecule has 0 bridgehead atoms. The van der Waals surface area contributed by atoms with Gasteiger partial charge in [-0.25, -0.2) is 0 Å². The Labute approximate surface area is 197 Å². The van der Waals surface area contributed by atoms with Crippen molar-refractivity contribution >= 4 is 5.91 Å². The molecule has 8 heteroatoms. The second-order valence-electron chi connectivity index (χ2n) is 9.85. The van der Waals surface area contributed by atoms with E-state index in [1.807, 2.05) is 17.0 Å². The molecule has 4 aliphatic heterocycles. The Kier molecular flexibility index (Phi) is 5.45. The fraction of sp³-hybridized carbons (Fsp3) is 0.500. The van der Waals surface area contributed by atoms with Crippen LogP contribution in [0, 0.1) is 0 Å². The van der Waals surface area contributed by atoms with Crippen LogP contribution in [0.2, 0.25) is 0 Å². The van der Waals surface area contributed by atoms with Crippen molar-refractivity contribution in [2.24, 2.45) is 0 Å². The molecule has 2 aromatic carbocycles. The Morgan fingerprint density at radius 2 is 1.85 bits per heavy atom. The Balaban J connectivity index is 1.07. The summed E-state index contributed by atoms with van der Waals surface area (Å²) in [5.41, 5.74) is 4.28. The van der Waals surface area contributed by atoms with Gasteiger partial charge in [0, 0.05) is 31.2 Å². The number of hydrogen-bond donors (Lipinski definition) is 1. The first kappa shape index (κ1) is 21.8. The van der Waals surface area contributed by atoms with Gasteiger partial charge in [-0.1, -0.05) is 18.2 Å². The lowest BCUT2D eigenvalue weighted by Crippen LogP contribution is -2.46. The third-order valence-electron chi connectivity index (χ3n) is 7.60. The molecule has 2 fully saturated rings. The molecule has 2 saturated heterocycles. The summed E-state index contributed by atoms with van der Waals surface area (Å²) >= 11 is 0. The van der Waals surface area contributed by atoms with E-state index in [9.17, 15) is 13.6 Å². The summed E-state index contributed by atoms with van der Waals surface area (Å²) in [6.07, 6.45) is 0.679. The standard InChI is InChI=1S/C26H29F2N3O3/c27-26(28)33-23-6-3-17(12-24(23)34-26)15-30-10-7-18(8-11-30)19-4-5-22-20(13-19)16-31(25(22)32)21-2-1-9-29-14-21/h3-6,12-13,18,21,29H,1-2,7-11,14-16H2. The van der Waals surface area contributed by atoms with Crippen molar-refractivity contribution < 1.29 is 23.0 Å². The Hall–Kier alpha value is -2.71. The molecule has 1 amide bonds. The van der Waals surface area contributed by atoms with Gasteiger partial charge in [-0.05, 0) is 86.1 Å². The number of halogens is 2. The molecule has 0 spiro atoms. The first-order valence-electron chi connectivity index (χ1n) is 12.2. The van der Waals surface area contributed by atoms with Crippen LogP contribution >= 0.6 is 0 Å². The normalized spacial score (nSPS) is 24.5. The van der Waals surface area contributed by atoms with E-state index in [-0.39, 0.29) is 17.4 Å². The van der Waals surface area contributed by atoms with E-state index in [1.165, 1.54) is 5.56 Å². The summed E-state index contributed by atoms with van der Waals surface area (Å²) in [5, 5.41) is 3.41. The number of nitrogens with zero attached hydrogens (tertiary/aromatic N) is 2. The molecule has 180 valence electrons. The monoisotopic (exact) mass is 469 g/mol. The third kappa shape index (κ3) is 4.14. The number of carbonyl (C=O) groups excluding carboxylic acids is 1. The molecule has 0 saturated carbocycles. The molecule has 34 heavy (non-hydrogen) atoms. The number of hydrogen-bond acceptors (Lipinski definition) is 5. The Morgan fingerprint density at radius 3 is 2.65 bits per heavy atom. The lowest BCUT2D eigenvalue weighted by molar-refractivity contribution is -0.286. The summed E-state index contributed by atoms with van der Waals surface area (Å²) < 4.78 is 35.6. The number of likely N-dealkylation sites (tertiary alicyclic amines) is 1. The van der Waals surface area contributed by atoms with Crippen LogP contribution in [0.15, 0.2) is 36.4 Å². The van der Waals surface area contributed by atoms with E-state index in [4.69, 9.17) is 0 Å². The zero-order chi connectivity index (χ0) is 23.3. The van der Waals surface area contributed by atoms with Crippen molar-refractivity contribution in [1.82, 2.24) is 15.1 Å². The summed E-state index contributed by atoms with van der Waals surface area (Å²) in [6.45, 7) is 5.21. The smallest absolute Gasteiger partial charge is 0.395 e. The van der Waals surface area contributed by atoms with Crippen LogP contribution < -0.4 is 14.8 Å². The van der Waals surface area contributed by atoms with E-state index in [0.29, 0.717) is 18.5 Å². The lowest BCUT2D eigenvalue weighted by atomic mass is 9.87. The second kappa shape index (κ2) is 8.50. The maximum Gasteiger partial charge on any atom is 0.586 e. The summed E-state index contributed by atoms with van der Waals surface area (Å²) in [4.78, 5) is 17.3. The van der Waals surface area contributed by atoms with E-state index in [0.717, 1.165) is 75.1 Å². The molecule has 1 unspecified atom stereocenters. The summed E-state index contributed by atoms with van der Waals surface area (Å²) in [5.74, 6) is 0.827. The summed E-state index contributed by atoms with van der Waals surface area (Å²) in [7, 11) is 0. The number of piperidine rings is 2. The second-order valence-corrected chi connectivity index (χ2v) is 9.85. The van der Waals surface area contributed by atoms with Crippen LogP contribution in [-0.2, 0) is 13.1 Å². The highest BCUT2D eigenvalue weighted by molar-refractivity contribution is 5.98. The van der Waals surface area contributed by atoms with E-state index < -0.39 is 6.29 Å². The van der Waals surface area contributed by atoms with Gasteiger partial charge in [0.1, 0.15) is 0 Å². The van der Waals surface area contributed by atoms with E-state index in [2.05, 4.69) is 31.8 Å². The van der Waals surface area contributed by atoms with Crippen LogP contribution in [-0.4, -0.2) is 54.2 Å². The number of rotatable bonds is 4. The quantitative estimate of drug-likeness (QED) is 0.731. The third-order valence-corrected chi connectivity index (χ3v) is 7.60. The summed E-state index contributed by atoms with van der Waals surface area (Å²) in [6, 6.07) is 11.7. The molecule has 0 aromatic heterocycles. The molecule has 1 atom stereocenters. The van der Waals surface area contributed by atoms with E-state index in [1.54, 1.807) is 12.1 Å². The number of benzene rings is 2. The number of ether oxygens (including phenoxy) is 2. The number of alkyl halides is 2. The molecule has 6 rings (SSSR count). The molecular formula is C26H29F2N3O3. The van der Waals surface area contributed by atoms with Crippen molar-refractivity contribution in [3.05, 3.63) is 58.7 Å².